The molecule has 0 saturated carbocycles. The Morgan fingerprint density at radius 2 is 1.96 bits per heavy atom. The lowest BCUT2D eigenvalue weighted by molar-refractivity contribution is -0.138. The van der Waals surface area contributed by atoms with E-state index in [-0.39, 0.29) is 30.7 Å². The van der Waals surface area contributed by atoms with Gasteiger partial charge in [-0.3, -0.25) is 4.99 Å². The number of dihydropyridines is 1. The van der Waals surface area contributed by atoms with Crippen molar-refractivity contribution in [3.05, 3.63) is 70.5 Å². The number of hydrogen-bond acceptors (Lipinski definition) is 4. The molecule has 1 aromatic carbocycles. The summed E-state index contributed by atoms with van der Waals surface area (Å²) in [4.78, 5) is 16.7. The average molecular weight is 359 g/mol. The van der Waals surface area contributed by atoms with Crippen molar-refractivity contribution in [2.24, 2.45) is 10.9 Å². The van der Waals surface area contributed by atoms with Crippen LogP contribution in [-0.4, -0.2) is 24.8 Å². The Labute approximate surface area is 150 Å². The lowest BCUT2D eigenvalue weighted by Gasteiger charge is -2.29. The van der Waals surface area contributed by atoms with Gasteiger partial charge in [-0.1, -0.05) is 23.8 Å². The Hall–Kier alpha value is -2.76. The summed E-state index contributed by atoms with van der Waals surface area (Å²) in [6.45, 7) is 3.81. The summed E-state index contributed by atoms with van der Waals surface area (Å²) in [6, 6.07) is 3.01. The molecule has 0 fully saturated rings. The number of allylic oxidation sites excluding steroid dienone is 2. The molecule has 6 heteroatoms. The fourth-order valence-corrected chi connectivity index (χ4v) is 2.98. The Bertz CT molecular complexity index is 819. The quantitative estimate of drug-likeness (QED) is 0.750. The van der Waals surface area contributed by atoms with Crippen LogP contribution in [-0.2, 0) is 20.9 Å². The first-order valence-corrected chi connectivity index (χ1v) is 8.36. The molecule has 1 aliphatic heterocycles. The normalized spacial score (nSPS) is 21.3. The highest BCUT2D eigenvalue weighted by molar-refractivity contribution is 6.10. The number of benzene rings is 1. The van der Waals surface area contributed by atoms with E-state index in [2.05, 4.69) is 4.99 Å². The van der Waals surface area contributed by atoms with Gasteiger partial charge in [0.25, 0.3) is 0 Å². The van der Waals surface area contributed by atoms with Crippen LogP contribution in [0.25, 0.3) is 0 Å². The third-order valence-electron chi connectivity index (χ3n) is 4.12. The third-order valence-corrected chi connectivity index (χ3v) is 4.12. The number of esters is 1. The number of ether oxygens (including phenoxy) is 2. The summed E-state index contributed by atoms with van der Waals surface area (Å²) >= 11 is 0. The van der Waals surface area contributed by atoms with E-state index in [1.54, 1.807) is 6.92 Å². The second kappa shape index (κ2) is 7.64. The summed E-state index contributed by atoms with van der Waals surface area (Å²) in [6.07, 6.45) is 7.29. The van der Waals surface area contributed by atoms with Crippen molar-refractivity contribution in [2.45, 2.75) is 26.5 Å². The average Bonchev–Trinajstić information content (AvgIpc) is 2.58. The van der Waals surface area contributed by atoms with Gasteiger partial charge in [-0.2, -0.15) is 0 Å². The molecule has 0 aromatic heterocycles. The van der Waals surface area contributed by atoms with Gasteiger partial charge < -0.3 is 9.47 Å². The van der Waals surface area contributed by atoms with Crippen molar-refractivity contribution in [2.75, 3.05) is 6.61 Å². The summed E-state index contributed by atoms with van der Waals surface area (Å²) in [5.41, 5.74) is 1.58. The van der Waals surface area contributed by atoms with Crippen LogP contribution in [0.4, 0.5) is 8.78 Å². The van der Waals surface area contributed by atoms with Crippen LogP contribution in [0.3, 0.4) is 0 Å². The van der Waals surface area contributed by atoms with E-state index in [9.17, 15) is 13.6 Å². The van der Waals surface area contributed by atoms with Gasteiger partial charge in [-0.05, 0) is 31.5 Å². The molecule has 1 heterocycles. The van der Waals surface area contributed by atoms with Crippen molar-refractivity contribution in [1.29, 1.82) is 0 Å². The van der Waals surface area contributed by atoms with Gasteiger partial charge in [0.2, 0.25) is 0 Å². The SMILES string of the molecule is CCOC(=O)C1=C(OCc2cc(F)cc(F)c2)[C@@H]2C=C(C)C=C[C@@H]2N=C1. The van der Waals surface area contributed by atoms with E-state index in [1.165, 1.54) is 18.3 Å². The van der Waals surface area contributed by atoms with Crippen LogP contribution < -0.4 is 0 Å². The third kappa shape index (κ3) is 3.90. The molecule has 1 aliphatic carbocycles. The predicted octanol–water partition coefficient (Wildman–Crippen LogP) is 3.88. The second-order valence-corrected chi connectivity index (χ2v) is 6.13. The highest BCUT2D eigenvalue weighted by Gasteiger charge is 2.33. The predicted molar refractivity (Wildman–Crippen MR) is 93.5 cm³/mol. The maximum atomic E-state index is 13.4. The lowest BCUT2D eigenvalue weighted by atomic mass is 9.87. The molecule has 0 bridgehead atoms. The largest absolute Gasteiger partial charge is 0.492 e. The van der Waals surface area contributed by atoms with Crippen molar-refractivity contribution < 1.29 is 23.0 Å². The van der Waals surface area contributed by atoms with Crippen LogP contribution in [0.1, 0.15) is 19.4 Å². The second-order valence-electron chi connectivity index (χ2n) is 6.13. The van der Waals surface area contributed by atoms with E-state index in [0.717, 1.165) is 11.6 Å². The molecule has 0 spiro atoms. The van der Waals surface area contributed by atoms with Gasteiger partial charge in [-0.25, -0.2) is 13.6 Å². The fraction of sp³-hybridized carbons (Fsp3) is 0.300. The van der Waals surface area contributed by atoms with Gasteiger partial charge in [-0.15, -0.1) is 0 Å². The summed E-state index contributed by atoms with van der Waals surface area (Å²) in [7, 11) is 0. The van der Waals surface area contributed by atoms with Crippen molar-refractivity contribution in [3.63, 3.8) is 0 Å². The number of fused-ring (bicyclic) bond motifs is 1. The molecule has 0 saturated heterocycles. The summed E-state index contributed by atoms with van der Waals surface area (Å²) in [5.74, 6) is -1.75. The highest BCUT2D eigenvalue weighted by Crippen LogP contribution is 2.33. The first-order chi connectivity index (χ1) is 12.5. The molecular weight excluding hydrogens is 340 g/mol. The molecule has 26 heavy (non-hydrogen) atoms. The van der Waals surface area contributed by atoms with Crippen LogP contribution in [0.2, 0.25) is 0 Å². The maximum absolute atomic E-state index is 13.4. The number of rotatable bonds is 5. The minimum absolute atomic E-state index is 0.0689. The molecule has 1 aromatic rings. The molecule has 0 radical (unpaired) electrons. The summed E-state index contributed by atoms with van der Waals surface area (Å²) < 4.78 is 37.7. The van der Waals surface area contributed by atoms with E-state index in [0.29, 0.717) is 11.3 Å². The molecule has 0 amide bonds. The van der Waals surface area contributed by atoms with Gasteiger partial charge in [0, 0.05) is 12.3 Å². The smallest absolute Gasteiger partial charge is 0.343 e. The van der Waals surface area contributed by atoms with E-state index >= 15 is 0 Å². The molecule has 2 aliphatic rings. The van der Waals surface area contributed by atoms with Gasteiger partial charge in [0.15, 0.2) is 0 Å². The Kier molecular flexibility index (Phi) is 5.30. The molecule has 0 N–H and O–H groups in total. The van der Waals surface area contributed by atoms with Crippen LogP contribution >= 0.6 is 0 Å². The topological polar surface area (TPSA) is 47.9 Å². The number of halogens is 2. The molecule has 2 atom stereocenters. The first kappa shape index (κ1) is 18.0. The maximum Gasteiger partial charge on any atom is 0.343 e. The molecule has 0 unspecified atom stereocenters. The zero-order valence-corrected chi connectivity index (χ0v) is 14.5. The molecular formula is C20H19F2NO3. The zero-order valence-electron chi connectivity index (χ0n) is 14.5. The number of nitrogens with zero attached hydrogens (tertiary/aromatic N) is 1. The van der Waals surface area contributed by atoms with Gasteiger partial charge in [0.05, 0.1) is 18.6 Å². The van der Waals surface area contributed by atoms with E-state index < -0.39 is 17.6 Å². The monoisotopic (exact) mass is 359 g/mol. The highest BCUT2D eigenvalue weighted by atomic mass is 19.1. The Morgan fingerprint density at radius 1 is 1.23 bits per heavy atom. The Balaban J connectivity index is 1.91. The zero-order chi connectivity index (χ0) is 18.7. The molecule has 4 nitrogen and oxygen atoms in total. The molecule has 3 rings (SSSR count). The van der Waals surface area contributed by atoms with Gasteiger partial charge in [0.1, 0.15) is 29.6 Å². The van der Waals surface area contributed by atoms with Crippen molar-refractivity contribution in [1.82, 2.24) is 0 Å². The minimum atomic E-state index is -0.678. The summed E-state index contributed by atoms with van der Waals surface area (Å²) in [5, 5.41) is 0. The first-order valence-electron chi connectivity index (χ1n) is 8.36. The standard InChI is InChI=1S/C20H19F2NO3/c1-3-25-20(24)17-10-23-18-5-4-12(2)6-16(18)19(17)26-11-13-7-14(21)9-15(22)8-13/h4-10,16,18H,3,11H2,1-2H3/t16-,18+/m1/s1. The van der Waals surface area contributed by atoms with Crippen molar-refractivity contribution in [3.8, 4) is 0 Å². The van der Waals surface area contributed by atoms with E-state index in [1.807, 2.05) is 25.2 Å². The van der Waals surface area contributed by atoms with Crippen molar-refractivity contribution >= 4 is 12.2 Å². The Morgan fingerprint density at radius 3 is 2.65 bits per heavy atom. The minimum Gasteiger partial charge on any atom is -0.492 e. The van der Waals surface area contributed by atoms with Crippen LogP contribution in [0.5, 0.6) is 0 Å². The van der Waals surface area contributed by atoms with Crippen LogP contribution in [0, 0.1) is 17.6 Å². The van der Waals surface area contributed by atoms with Gasteiger partial charge >= 0.3 is 5.97 Å². The van der Waals surface area contributed by atoms with Crippen LogP contribution in [0.15, 0.2) is 58.3 Å². The van der Waals surface area contributed by atoms with E-state index in [4.69, 9.17) is 9.47 Å². The number of carbonyl (C=O) groups excluding carboxylic acids is 1. The number of carbonyl (C=O) groups is 1. The lowest BCUT2D eigenvalue weighted by Crippen LogP contribution is -2.29. The number of aliphatic imine (C=N–C) groups is 1. The fourth-order valence-electron chi connectivity index (χ4n) is 2.98. The number of hydrogen-bond donors (Lipinski definition) is 0. The molecule has 136 valence electrons.